The van der Waals surface area contributed by atoms with Gasteiger partial charge in [-0.05, 0) is 18.1 Å². The maximum absolute atomic E-state index is 10.3. The Morgan fingerprint density at radius 1 is 1.67 bits per heavy atom. The normalized spacial score (nSPS) is 8.42. The molecule has 0 aliphatic heterocycles. The summed E-state index contributed by atoms with van der Waals surface area (Å²) in [4.78, 5) is 14.3. The number of hydrogen-bond acceptors (Lipinski definition) is 2. The molecule has 2 nitrogen and oxygen atoms in total. The number of halogens is 1. The zero-order valence-corrected chi connectivity index (χ0v) is 7.01. The second-order valence-corrected chi connectivity index (χ2v) is 2.29. The minimum Gasteiger partial charge on any atom is -0.298 e. The third-order valence-corrected chi connectivity index (χ3v) is 1.34. The van der Waals surface area contributed by atoms with Crippen molar-refractivity contribution in [3.05, 3.63) is 29.6 Å². The van der Waals surface area contributed by atoms with Crippen LogP contribution in [0, 0.1) is 11.8 Å². The van der Waals surface area contributed by atoms with Gasteiger partial charge < -0.3 is 0 Å². The molecule has 0 unspecified atom stereocenters. The number of aldehydes is 1. The van der Waals surface area contributed by atoms with E-state index >= 15 is 0 Å². The summed E-state index contributed by atoms with van der Waals surface area (Å²) in [5.74, 6) is 5.64. The molecule has 0 atom stereocenters. The van der Waals surface area contributed by atoms with E-state index in [4.69, 9.17) is 11.6 Å². The van der Waals surface area contributed by atoms with Gasteiger partial charge >= 0.3 is 0 Å². The number of rotatable bonds is 1. The van der Waals surface area contributed by atoms with Crippen LogP contribution in [0.4, 0.5) is 0 Å². The highest BCUT2D eigenvalue weighted by molar-refractivity contribution is 6.19. The Balaban J connectivity index is 2.93. The van der Waals surface area contributed by atoms with Gasteiger partial charge in [0.2, 0.25) is 0 Å². The van der Waals surface area contributed by atoms with E-state index in [1.807, 2.05) is 0 Å². The van der Waals surface area contributed by atoms with E-state index in [2.05, 4.69) is 16.8 Å². The van der Waals surface area contributed by atoms with Crippen molar-refractivity contribution in [3.63, 3.8) is 0 Å². The average molecular weight is 180 g/mol. The van der Waals surface area contributed by atoms with Crippen LogP contribution in [0.2, 0.25) is 0 Å². The molecule has 0 saturated carbocycles. The highest BCUT2D eigenvalue weighted by Crippen LogP contribution is 1.96. The van der Waals surface area contributed by atoms with E-state index in [0.717, 1.165) is 6.29 Å². The van der Waals surface area contributed by atoms with E-state index < -0.39 is 0 Å². The van der Waals surface area contributed by atoms with Crippen LogP contribution in [0.1, 0.15) is 16.1 Å². The van der Waals surface area contributed by atoms with Gasteiger partial charge in [-0.15, -0.1) is 11.6 Å². The monoisotopic (exact) mass is 179 g/mol. The summed E-state index contributed by atoms with van der Waals surface area (Å²) >= 11 is 5.35. The minimum absolute atomic E-state index is 0.271. The summed E-state index contributed by atoms with van der Waals surface area (Å²) in [5, 5.41) is 0. The van der Waals surface area contributed by atoms with Crippen molar-refractivity contribution in [2.45, 2.75) is 0 Å². The molecule has 12 heavy (non-hydrogen) atoms. The van der Waals surface area contributed by atoms with Gasteiger partial charge in [-0.25, -0.2) is 4.98 Å². The molecule has 0 aliphatic rings. The summed E-state index contributed by atoms with van der Waals surface area (Å²) in [6.45, 7) is 0. The predicted octanol–water partition coefficient (Wildman–Crippen LogP) is 1.48. The molecule has 0 amide bonds. The SMILES string of the molecule is O=Cc1ccnc(C#CCCl)c1. The molecule has 0 aromatic carbocycles. The molecule has 1 aromatic heterocycles. The average Bonchev–Trinajstić information content (AvgIpc) is 2.15. The molecule has 0 bridgehead atoms. The lowest BCUT2D eigenvalue weighted by atomic mass is 10.2. The van der Waals surface area contributed by atoms with Crippen molar-refractivity contribution < 1.29 is 4.79 Å². The predicted molar refractivity (Wildman–Crippen MR) is 47.2 cm³/mol. The number of alkyl halides is 1. The van der Waals surface area contributed by atoms with Crippen molar-refractivity contribution >= 4 is 17.9 Å². The molecule has 0 fully saturated rings. The number of aromatic nitrogens is 1. The van der Waals surface area contributed by atoms with Crippen LogP contribution in [0.25, 0.3) is 0 Å². The second kappa shape index (κ2) is 4.53. The summed E-state index contributed by atoms with van der Waals surface area (Å²) in [6.07, 6.45) is 2.30. The van der Waals surface area contributed by atoms with Gasteiger partial charge in [0.05, 0.1) is 5.88 Å². The number of carbonyl (C=O) groups excluding carboxylic acids is 1. The minimum atomic E-state index is 0.271. The van der Waals surface area contributed by atoms with E-state index in [1.54, 1.807) is 18.3 Å². The Morgan fingerprint density at radius 2 is 2.50 bits per heavy atom. The van der Waals surface area contributed by atoms with Crippen molar-refractivity contribution in [1.29, 1.82) is 0 Å². The lowest BCUT2D eigenvalue weighted by Gasteiger charge is -1.89. The van der Waals surface area contributed by atoms with Crippen molar-refractivity contribution in [2.24, 2.45) is 0 Å². The van der Waals surface area contributed by atoms with Crippen LogP contribution in [-0.4, -0.2) is 17.2 Å². The first-order valence-electron chi connectivity index (χ1n) is 3.33. The molecule has 1 heterocycles. The molecule has 3 heteroatoms. The Labute approximate surface area is 75.6 Å². The fraction of sp³-hybridized carbons (Fsp3) is 0.111. The number of hydrogen-bond donors (Lipinski definition) is 0. The molecule has 0 spiro atoms. The van der Waals surface area contributed by atoms with Gasteiger partial charge in [-0.3, -0.25) is 4.79 Å². The van der Waals surface area contributed by atoms with Crippen LogP contribution in [-0.2, 0) is 0 Å². The van der Waals surface area contributed by atoms with E-state index in [-0.39, 0.29) is 5.88 Å². The zero-order valence-electron chi connectivity index (χ0n) is 6.25. The van der Waals surface area contributed by atoms with E-state index in [1.165, 1.54) is 0 Å². The zero-order chi connectivity index (χ0) is 8.81. The topological polar surface area (TPSA) is 30.0 Å². The van der Waals surface area contributed by atoms with Crippen LogP contribution in [0.3, 0.4) is 0 Å². The lowest BCUT2D eigenvalue weighted by Crippen LogP contribution is -1.85. The van der Waals surface area contributed by atoms with Crippen LogP contribution in [0.5, 0.6) is 0 Å². The van der Waals surface area contributed by atoms with Gasteiger partial charge in [-0.2, -0.15) is 0 Å². The van der Waals surface area contributed by atoms with E-state index in [9.17, 15) is 4.79 Å². The first-order valence-corrected chi connectivity index (χ1v) is 3.86. The van der Waals surface area contributed by atoms with Gasteiger partial charge in [0.15, 0.2) is 0 Å². The summed E-state index contributed by atoms with van der Waals surface area (Å²) in [7, 11) is 0. The smallest absolute Gasteiger partial charge is 0.150 e. The van der Waals surface area contributed by atoms with Gasteiger partial charge in [-0.1, -0.05) is 5.92 Å². The van der Waals surface area contributed by atoms with Gasteiger partial charge in [0, 0.05) is 11.8 Å². The quantitative estimate of drug-likeness (QED) is 0.371. The van der Waals surface area contributed by atoms with Gasteiger partial charge in [0.25, 0.3) is 0 Å². The molecular formula is C9H6ClNO. The fourth-order valence-electron chi connectivity index (χ4n) is 0.713. The number of nitrogens with zero attached hydrogens (tertiary/aromatic N) is 1. The summed E-state index contributed by atoms with van der Waals surface area (Å²) in [6, 6.07) is 3.24. The van der Waals surface area contributed by atoms with Crippen LogP contribution < -0.4 is 0 Å². The number of carbonyl (C=O) groups is 1. The second-order valence-electron chi connectivity index (χ2n) is 2.03. The summed E-state index contributed by atoms with van der Waals surface area (Å²) < 4.78 is 0. The Kier molecular flexibility index (Phi) is 3.31. The first-order chi connectivity index (χ1) is 5.86. The van der Waals surface area contributed by atoms with Crippen molar-refractivity contribution in [2.75, 3.05) is 5.88 Å². The molecule has 60 valence electrons. The molecular weight excluding hydrogens is 174 g/mol. The van der Waals surface area contributed by atoms with Crippen LogP contribution in [0.15, 0.2) is 18.3 Å². The first kappa shape index (κ1) is 8.76. The number of pyridine rings is 1. The lowest BCUT2D eigenvalue weighted by molar-refractivity contribution is 0.112. The van der Waals surface area contributed by atoms with Crippen molar-refractivity contribution in [3.8, 4) is 11.8 Å². The third-order valence-electron chi connectivity index (χ3n) is 1.20. The van der Waals surface area contributed by atoms with Crippen LogP contribution >= 0.6 is 11.6 Å². The third kappa shape index (κ3) is 2.37. The Morgan fingerprint density at radius 3 is 3.17 bits per heavy atom. The molecule has 1 rings (SSSR count). The van der Waals surface area contributed by atoms with E-state index in [0.29, 0.717) is 11.3 Å². The fourth-order valence-corrected chi connectivity index (χ4v) is 0.779. The summed E-state index contributed by atoms with van der Waals surface area (Å²) in [5.41, 5.74) is 1.14. The highest BCUT2D eigenvalue weighted by Gasteiger charge is 1.90. The Hall–Kier alpha value is -1.33. The largest absolute Gasteiger partial charge is 0.298 e. The van der Waals surface area contributed by atoms with Crippen molar-refractivity contribution in [1.82, 2.24) is 4.98 Å². The maximum Gasteiger partial charge on any atom is 0.150 e. The van der Waals surface area contributed by atoms with Gasteiger partial charge in [0.1, 0.15) is 12.0 Å². The molecule has 0 N–H and O–H groups in total. The highest BCUT2D eigenvalue weighted by atomic mass is 35.5. The maximum atomic E-state index is 10.3. The molecule has 1 aromatic rings. The Bertz CT molecular complexity index is 338. The standard InChI is InChI=1S/C9H6ClNO/c10-4-1-2-9-6-8(7-12)3-5-11-9/h3,5-7H,4H2. The molecule has 0 saturated heterocycles. The molecule has 0 aliphatic carbocycles. The molecule has 0 radical (unpaired) electrons.